The van der Waals surface area contributed by atoms with Crippen LogP contribution in [0.25, 0.3) is 0 Å². The monoisotopic (exact) mass is 454 g/mol. The Morgan fingerprint density at radius 2 is 1.75 bits per heavy atom. The van der Waals surface area contributed by atoms with Crippen molar-refractivity contribution >= 4 is 29.1 Å². The maximum Gasteiger partial charge on any atom is 0.251 e. The highest BCUT2D eigenvalue weighted by atomic mass is 35.5. The molecular formula is C25H31ClN4O2. The van der Waals surface area contributed by atoms with Gasteiger partial charge < -0.3 is 20.4 Å². The fourth-order valence-corrected chi connectivity index (χ4v) is 4.82. The van der Waals surface area contributed by atoms with Gasteiger partial charge in [0, 0.05) is 41.9 Å². The zero-order valence-corrected chi connectivity index (χ0v) is 19.4. The summed E-state index contributed by atoms with van der Waals surface area (Å²) in [6, 6.07) is 17.1. The molecule has 2 amide bonds. The van der Waals surface area contributed by atoms with E-state index in [-0.39, 0.29) is 23.8 Å². The Morgan fingerprint density at radius 1 is 1.09 bits per heavy atom. The summed E-state index contributed by atoms with van der Waals surface area (Å²) in [5.41, 5.74) is 1.20. The first-order valence-corrected chi connectivity index (χ1v) is 11.7. The molecule has 2 aliphatic rings. The number of para-hydroxylation sites is 1. The van der Waals surface area contributed by atoms with Crippen LogP contribution in [0.4, 0.5) is 5.69 Å². The first-order chi connectivity index (χ1) is 15.4. The summed E-state index contributed by atoms with van der Waals surface area (Å²) in [7, 11) is 0. The smallest absolute Gasteiger partial charge is 0.251 e. The van der Waals surface area contributed by atoms with Crippen molar-refractivity contribution in [1.29, 1.82) is 0 Å². The van der Waals surface area contributed by atoms with E-state index in [0.717, 1.165) is 38.2 Å². The van der Waals surface area contributed by atoms with Crippen molar-refractivity contribution in [2.24, 2.45) is 5.92 Å². The molecule has 2 N–H and O–H groups in total. The second-order valence-electron chi connectivity index (χ2n) is 9.09. The van der Waals surface area contributed by atoms with Gasteiger partial charge in [-0.1, -0.05) is 43.6 Å². The zero-order chi connectivity index (χ0) is 22.7. The van der Waals surface area contributed by atoms with Crippen LogP contribution in [0, 0.1) is 5.92 Å². The summed E-state index contributed by atoms with van der Waals surface area (Å²) in [4.78, 5) is 30.2. The summed E-state index contributed by atoms with van der Waals surface area (Å²) in [5.74, 6) is 0.328. The Morgan fingerprint density at radius 3 is 2.38 bits per heavy atom. The number of piperidine rings is 1. The van der Waals surface area contributed by atoms with E-state index >= 15 is 0 Å². The van der Waals surface area contributed by atoms with Crippen molar-refractivity contribution in [2.45, 2.75) is 38.3 Å². The molecular weight excluding hydrogens is 424 g/mol. The second-order valence-corrected chi connectivity index (χ2v) is 9.53. The lowest BCUT2D eigenvalue weighted by atomic mass is 9.85. The SMILES string of the molecule is CC(C)[C@@H](CN1CCC2(CC1)C(=O)NCN2c1ccccc1)NC(=O)c1ccc(Cl)cc1. The van der Waals surface area contributed by atoms with Crippen LogP contribution in [0.5, 0.6) is 0 Å². The number of likely N-dealkylation sites (tertiary alicyclic amines) is 1. The maximum absolute atomic E-state index is 12.9. The summed E-state index contributed by atoms with van der Waals surface area (Å²) >= 11 is 5.94. The van der Waals surface area contributed by atoms with Crippen LogP contribution in [0.1, 0.15) is 37.0 Å². The average Bonchev–Trinajstić information content (AvgIpc) is 3.11. The number of nitrogens with one attached hydrogen (secondary N) is 2. The van der Waals surface area contributed by atoms with E-state index in [1.807, 2.05) is 18.2 Å². The molecule has 1 atom stereocenters. The molecule has 0 aromatic heterocycles. The molecule has 2 saturated heterocycles. The van der Waals surface area contributed by atoms with Gasteiger partial charge >= 0.3 is 0 Å². The number of rotatable bonds is 6. The molecule has 1 spiro atoms. The number of anilines is 1. The fraction of sp³-hybridized carbons (Fsp3) is 0.440. The normalized spacial score (nSPS) is 19.2. The average molecular weight is 455 g/mol. The minimum atomic E-state index is -0.488. The van der Waals surface area contributed by atoms with Gasteiger partial charge in [0.2, 0.25) is 5.91 Å². The molecule has 2 aliphatic heterocycles. The topological polar surface area (TPSA) is 64.7 Å². The summed E-state index contributed by atoms with van der Waals surface area (Å²) in [6.45, 7) is 7.20. The van der Waals surface area contributed by atoms with Crippen molar-refractivity contribution < 1.29 is 9.59 Å². The number of hydrogen-bond acceptors (Lipinski definition) is 4. The minimum absolute atomic E-state index is 0.0230. The van der Waals surface area contributed by atoms with Crippen LogP contribution in [-0.2, 0) is 4.79 Å². The van der Waals surface area contributed by atoms with Gasteiger partial charge in [-0.05, 0) is 55.2 Å². The van der Waals surface area contributed by atoms with Gasteiger partial charge in [-0.3, -0.25) is 9.59 Å². The van der Waals surface area contributed by atoms with E-state index in [2.05, 4.69) is 46.4 Å². The number of hydrogen-bond donors (Lipinski definition) is 2. The molecule has 2 aromatic carbocycles. The molecule has 170 valence electrons. The van der Waals surface area contributed by atoms with Gasteiger partial charge in [0.15, 0.2) is 0 Å². The molecule has 0 unspecified atom stereocenters. The molecule has 6 nitrogen and oxygen atoms in total. The summed E-state index contributed by atoms with van der Waals surface area (Å²) < 4.78 is 0. The Kier molecular flexibility index (Phi) is 6.72. The number of halogens is 1. The van der Waals surface area contributed by atoms with Gasteiger partial charge in [-0.15, -0.1) is 0 Å². The molecule has 0 aliphatic carbocycles. The Labute approximate surface area is 194 Å². The van der Waals surface area contributed by atoms with E-state index in [1.165, 1.54) is 0 Å². The number of carbonyl (C=O) groups excluding carboxylic acids is 2. The van der Waals surface area contributed by atoms with E-state index < -0.39 is 5.54 Å². The number of benzene rings is 2. The third kappa shape index (κ3) is 4.62. The molecule has 0 radical (unpaired) electrons. The molecule has 2 heterocycles. The molecule has 2 aromatic rings. The zero-order valence-electron chi connectivity index (χ0n) is 18.7. The van der Waals surface area contributed by atoms with Crippen molar-refractivity contribution in [3.8, 4) is 0 Å². The van der Waals surface area contributed by atoms with Gasteiger partial charge in [-0.2, -0.15) is 0 Å². The number of nitrogens with zero attached hydrogens (tertiary/aromatic N) is 2. The van der Waals surface area contributed by atoms with E-state index in [0.29, 0.717) is 17.3 Å². The quantitative estimate of drug-likeness (QED) is 0.701. The van der Waals surface area contributed by atoms with Crippen molar-refractivity contribution in [1.82, 2.24) is 15.5 Å². The van der Waals surface area contributed by atoms with Crippen molar-refractivity contribution in [3.63, 3.8) is 0 Å². The molecule has 7 heteroatoms. The predicted molar refractivity (Wildman–Crippen MR) is 128 cm³/mol. The molecule has 0 saturated carbocycles. The Balaban J connectivity index is 1.40. The van der Waals surface area contributed by atoms with Crippen LogP contribution in [-0.4, -0.2) is 54.6 Å². The fourth-order valence-electron chi connectivity index (χ4n) is 4.69. The van der Waals surface area contributed by atoms with Gasteiger partial charge in [0.25, 0.3) is 5.91 Å². The highest BCUT2D eigenvalue weighted by Gasteiger charge is 2.50. The lowest BCUT2D eigenvalue weighted by Crippen LogP contribution is -2.58. The third-order valence-electron chi connectivity index (χ3n) is 6.77. The first kappa shape index (κ1) is 22.6. The number of amides is 2. The molecule has 4 rings (SSSR count). The van der Waals surface area contributed by atoms with Gasteiger partial charge in [0.05, 0.1) is 6.67 Å². The van der Waals surface area contributed by atoms with E-state index in [1.54, 1.807) is 24.3 Å². The first-order valence-electron chi connectivity index (χ1n) is 11.3. The van der Waals surface area contributed by atoms with Gasteiger partial charge in [-0.25, -0.2) is 0 Å². The molecule has 0 bridgehead atoms. The minimum Gasteiger partial charge on any atom is -0.348 e. The van der Waals surface area contributed by atoms with Gasteiger partial charge in [0.1, 0.15) is 5.54 Å². The van der Waals surface area contributed by atoms with E-state index in [4.69, 9.17) is 11.6 Å². The van der Waals surface area contributed by atoms with Crippen LogP contribution in [0.2, 0.25) is 5.02 Å². The van der Waals surface area contributed by atoms with Crippen LogP contribution < -0.4 is 15.5 Å². The second kappa shape index (κ2) is 9.51. The van der Waals surface area contributed by atoms with Crippen LogP contribution >= 0.6 is 11.6 Å². The highest BCUT2D eigenvalue weighted by Crippen LogP contribution is 2.36. The summed E-state index contributed by atoms with van der Waals surface area (Å²) in [6.07, 6.45) is 1.54. The van der Waals surface area contributed by atoms with Crippen molar-refractivity contribution in [2.75, 3.05) is 31.2 Å². The third-order valence-corrected chi connectivity index (χ3v) is 7.02. The van der Waals surface area contributed by atoms with Crippen molar-refractivity contribution in [3.05, 3.63) is 65.2 Å². The lowest BCUT2D eigenvalue weighted by molar-refractivity contribution is -0.125. The maximum atomic E-state index is 12.9. The number of carbonyl (C=O) groups is 2. The summed E-state index contributed by atoms with van der Waals surface area (Å²) in [5, 5.41) is 6.86. The standard InChI is InChI=1S/C25H31ClN4O2/c1-18(2)22(28-23(31)19-8-10-20(26)11-9-19)16-29-14-12-25(13-15-29)24(32)27-17-30(25)21-6-4-3-5-7-21/h3-11,18,22H,12-17H2,1-2H3,(H,27,32)(H,28,31)/t22-/m1/s1. The van der Waals surface area contributed by atoms with Crippen LogP contribution in [0.15, 0.2) is 54.6 Å². The highest BCUT2D eigenvalue weighted by molar-refractivity contribution is 6.30. The Hall–Kier alpha value is -2.57. The Bertz CT molecular complexity index is 940. The molecule has 2 fully saturated rings. The lowest BCUT2D eigenvalue weighted by Gasteiger charge is -2.44. The largest absolute Gasteiger partial charge is 0.348 e. The van der Waals surface area contributed by atoms with Crippen LogP contribution in [0.3, 0.4) is 0 Å². The molecule has 32 heavy (non-hydrogen) atoms. The van der Waals surface area contributed by atoms with E-state index in [9.17, 15) is 9.59 Å². The predicted octanol–water partition coefficient (Wildman–Crippen LogP) is 3.52.